The van der Waals surface area contributed by atoms with Crippen LogP contribution >= 0.6 is 0 Å². The normalized spacial score (nSPS) is 13.3. The van der Waals surface area contributed by atoms with Crippen molar-refractivity contribution in [1.82, 2.24) is 4.31 Å². The highest BCUT2D eigenvalue weighted by Crippen LogP contribution is 2.15. The summed E-state index contributed by atoms with van der Waals surface area (Å²) in [7, 11) is -2.01. The summed E-state index contributed by atoms with van der Waals surface area (Å²) >= 11 is 0. The van der Waals surface area contributed by atoms with Gasteiger partial charge in [-0.25, -0.2) is 13.2 Å². The van der Waals surface area contributed by atoms with Crippen molar-refractivity contribution in [3.63, 3.8) is 0 Å². The summed E-state index contributed by atoms with van der Waals surface area (Å²) in [6, 6.07) is 5.70. The van der Waals surface area contributed by atoms with Gasteiger partial charge in [0.1, 0.15) is 0 Å². The Morgan fingerprint density at radius 1 is 1.43 bits per heavy atom. The summed E-state index contributed by atoms with van der Waals surface area (Å²) in [5.74, 6) is -1.30. The minimum atomic E-state index is -3.53. The number of methoxy groups -OCH3 is 1. The highest BCUT2D eigenvalue weighted by Gasteiger charge is 2.26. The van der Waals surface area contributed by atoms with Crippen LogP contribution in [0.5, 0.6) is 0 Å². The second kappa shape index (κ2) is 7.53. The van der Waals surface area contributed by atoms with Gasteiger partial charge in [-0.1, -0.05) is 19.1 Å². The number of hydrogen-bond donors (Lipinski definition) is 1. The second-order valence-corrected chi connectivity index (χ2v) is 6.69. The molecule has 1 aromatic carbocycles. The standard InChI is InChI=1S/C14H21NO5S/c1-4-15(11(2)9-20-3)21(18,19)10-12-6-5-7-13(8-12)14(16)17/h5-8,11H,4,9-10H2,1-3H3,(H,16,17). The molecule has 0 saturated heterocycles. The number of hydrogen-bond acceptors (Lipinski definition) is 4. The van der Waals surface area contributed by atoms with Gasteiger partial charge in [0.25, 0.3) is 0 Å². The van der Waals surface area contributed by atoms with E-state index < -0.39 is 16.0 Å². The van der Waals surface area contributed by atoms with Crippen molar-refractivity contribution in [2.75, 3.05) is 20.3 Å². The van der Waals surface area contributed by atoms with Gasteiger partial charge < -0.3 is 9.84 Å². The molecule has 1 unspecified atom stereocenters. The number of benzene rings is 1. The molecule has 0 fully saturated rings. The zero-order valence-electron chi connectivity index (χ0n) is 12.4. The first kappa shape index (κ1) is 17.6. The van der Waals surface area contributed by atoms with Gasteiger partial charge in [0.15, 0.2) is 0 Å². The smallest absolute Gasteiger partial charge is 0.335 e. The van der Waals surface area contributed by atoms with Crippen LogP contribution in [-0.4, -0.2) is 50.1 Å². The van der Waals surface area contributed by atoms with Crippen molar-refractivity contribution < 1.29 is 23.1 Å². The van der Waals surface area contributed by atoms with E-state index in [1.54, 1.807) is 26.0 Å². The van der Waals surface area contributed by atoms with Crippen LogP contribution in [0.25, 0.3) is 0 Å². The third-order valence-electron chi connectivity index (χ3n) is 3.09. The molecule has 1 atom stereocenters. The molecule has 0 radical (unpaired) electrons. The number of rotatable bonds is 8. The number of aromatic carboxylic acids is 1. The molecule has 0 heterocycles. The minimum Gasteiger partial charge on any atom is -0.478 e. The number of likely N-dealkylation sites (N-methyl/N-ethyl adjacent to an activating group) is 1. The Morgan fingerprint density at radius 2 is 2.10 bits per heavy atom. The average molecular weight is 315 g/mol. The van der Waals surface area contributed by atoms with Crippen LogP contribution in [0.1, 0.15) is 29.8 Å². The summed E-state index contributed by atoms with van der Waals surface area (Å²) < 4.78 is 31.3. The molecule has 1 aromatic rings. The first-order chi connectivity index (χ1) is 9.81. The van der Waals surface area contributed by atoms with E-state index in [0.29, 0.717) is 18.7 Å². The molecule has 0 bridgehead atoms. The highest BCUT2D eigenvalue weighted by molar-refractivity contribution is 7.88. The molecule has 1 N–H and O–H groups in total. The molecule has 0 aromatic heterocycles. The second-order valence-electron chi connectivity index (χ2n) is 4.77. The van der Waals surface area contributed by atoms with Crippen molar-refractivity contribution in [1.29, 1.82) is 0 Å². The Bertz CT molecular complexity index is 585. The molecule has 0 aliphatic heterocycles. The van der Waals surface area contributed by atoms with E-state index in [9.17, 15) is 13.2 Å². The third-order valence-corrected chi connectivity index (χ3v) is 5.12. The summed E-state index contributed by atoms with van der Waals surface area (Å²) in [6.45, 7) is 4.18. The van der Waals surface area contributed by atoms with Crippen LogP contribution in [0.15, 0.2) is 24.3 Å². The zero-order chi connectivity index (χ0) is 16.0. The maximum absolute atomic E-state index is 12.5. The Kier molecular flexibility index (Phi) is 6.32. The van der Waals surface area contributed by atoms with Crippen molar-refractivity contribution in [3.05, 3.63) is 35.4 Å². The molecule has 7 heteroatoms. The summed E-state index contributed by atoms with van der Waals surface area (Å²) in [4.78, 5) is 10.9. The lowest BCUT2D eigenvalue weighted by molar-refractivity contribution is 0.0696. The number of carboxylic acids is 1. The molecular weight excluding hydrogens is 294 g/mol. The molecule has 1 rings (SSSR count). The van der Waals surface area contributed by atoms with Gasteiger partial charge in [-0.05, 0) is 24.6 Å². The lowest BCUT2D eigenvalue weighted by atomic mass is 10.1. The Balaban J connectivity index is 2.98. The Hall–Kier alpha value is -1.44. The van der Waals surface area contributed by atoms with E-state index in [1.807, 2.05) is 0 Å². The van der Waals surface area contributed by atoms with Crippen LogP contribution in [0.4, 0.5) is 0 Å². The van der Waals surface area contributed by atoms with E-state index in [-0.39, 0.29) is 17.4 Å². The first-order valence-corrected chi connectivity index (χ1v) is 8.23. The van der Waals surface area contributed by atoms with Gasteiger partial charge >= 0.3 is 5.97 Å². The van der Waals surface area contributed by atoms with Crippen molar-refractivity contribution in [2.45, 2.75) is 25.6 Å². The van der Waals surface area contributed by atoms with Gasteiger partial charge in [-0.2, -0.15) is 4.31 Å². The molecule has 21 heavy (non-hydrogen) atoms. The predicted molar refractivity (Wildman–Crippen MR) is 79.7 cm³/mol. The van der Waals surface area contributed by atoms with E-state index in [2.05, 4.69) is 0 Å². The van der Waals surface area contributed by atoms with Crippen LogP contribution in [0, 0.1) is 0 Å². The topological polar surface area (TPSA) is 83.9 Å². The number of carbonyl (C=O) groups is 1. The van der Waals surface area contributed by atoms with E-state index >= 15 is 0 Å². The average Bonchev–Trinajstić information content (AvgIpc) is 2.39. The van der Waals surface area contributed by atoms with Crippen molar-refractivity contribution in [3.8, 4) is 0 Å². The molecular formula is C14H21NO5S. The largest absolute Gasteiger partial charge is 0.478 e. The lowest BCUT2D eigenvalue weighted by Crippen LogP contribution is -2.41. The number of sulfonamides is 1. The van der Waals surface area contributed by atoms with E-state index in [1.165, 1.54) is 23.5 Å². The van der Waals surface area contributed by atoms with E-state index in [0.717, 1.165) is 0 Å². The lowest BCUT2D eigenvalue weighted by Gasteiger charge is -2.26. The summed E-state index contributed by atoms with van der Waals surface area (Å²) in [5.41, 5.74) is 0.536. The summed E-state index contributed by atoms with van der Waals surface area (Å²) in [6.07, 6.45) is 0. The number of nitrogens with zero attached hydrogens (tertiary/aromatic N) is 1. The fourth-order valence-corrected chi connectivity index (χ4v) is 3.96. The summed E-state index contributed by atoms with van der Waals surface area (Å²) in [5, 5.41) is 8.94. The number of ether oxygens (including phenoxy) is 1. The van der Waals surface area contributed by atoms with Crippen molar-refractivity contribution in [2.24, 2.45) is 0 Å². The molecule has 0 aliphatic carbocycles. The van der Waals surface area contributed by atoms with Crippen molar-refractivity contribution >= 4 is 16.0 Å². The van der Waals surface area contributed by atoms with Gasteiger partial charge in [0.05, 0.1) is 17.9 Å². The molecule has 0 saturated carbocycles. The van der Waals surface area contributed by atoms with Crippen LogP contribution in [-0.2, 0) is 20.5 Å². The predicted octanol–water partition coefficient (Wildman–Crippen LogP) is 1.57. The highest BCUT2D eigenvalue weighted by atomic mass is 32.2. The molecule has 6 nitrogen and oxygen atoms in total. The maximum Gasteiger partial charge on any atom is 0.335 e. The quantitative estimate of drug-likeness (QED) is 0.787. The molecule has 118 valence electrons. The van der Waals surface area contributed by atoms with Gasteiger partial charge in [-0.15, -0.1) is 0 Å². The number of carboxylic acid groups (broad SMARTS) is 1. The SMILES string of the molecule is CCN(C(C)COC)S(=O)(=O)Cc1cccc(C(=O)O)c1. The van der Waals surface area contributed by atoms with Crippen LogP contribution in [0.3, 0.4) is 0 Å². The Morgan fingerprint density at radius 3 is 2.62 bits per heavy atom. The van der Waals surface area contributed by atoms with Crippen LogP contribution in [0.2, 0.25) is 0 Å². The van der Waals surface area contributed by atoms with Gasteiger partial charge in [-0.3, -0.25) is 0 Å². The minimum absolute atomic E-state index is 0.0793. The molecule has 0 aliphatic rings. The molecule has 0 spiro atoms. The van der Waals surface area contributed by atoms with Gasteiger partial charge in [0.2, 0.25) is 10.0 Å². The third kappa shape index (κ3) is 4.80. The Labute approximate surface area is 125 Å². The zero-order valence-corrected chi connectivity index (χ0v) is 13.3. The fraction of sp³-hybridized carbons (Fsp3) is 0.500. The molecule has 0 amide bonds. The fourth-order valence-electron chi connectivity index (χ4n) is 2.19. The van der Waals surface area contributed by atoms with Gasteiger partial charge in [0, 0.05) is 19.7 Å². The first-order valence-electron chi connectivity index (χ1n) is 6.62. The van der Waals surface area contributed by atoms with E-state index in [4.69, 9.17) is 9.84 Å². The maximum atomic E-state index is 12.5. The monoisotopic (exact) mass is 315 g/mol. The van der Waals surface area contributed by atoms with Crippen LogP contribution < -0.4 is 0 Å².